The lowest BCUT2D eigenvalue weighted by molar-refractivity contribution is -0.124. The molecule has 7 nitrogen and oxygen atoms in total. The molecule has 0 saturated carbocycles. The van der Waals surface area contributed by atoms with Gasteiger partial charge in [0.1, 0.15) is 5.69 Å². The number of carbonyl (C=O) groups excluding carboxylic acids is 1. The van der Waals surface area contributed by atoms with Crippen LogP contribution in [0.3, 0.4) is 0 Å². The Labute approximate surface area is 201 Å². The number of hydrogen-bond donors (Lipinski definition) is 2. The molecular weight excluding hydrogens is 428 g/mol. The topological polar surface area (TPSA) is 83.2 Å². The molecule has 5 rings (SSSR count). The summed E-state index contributed by atoms with van der Waals surface area (Å²) in [6.45, 7) is 6.52. The van der Waals surface area contributed by atoms with Crippen LogP contribution >= 0.6 is 0 Å². The molecule has 2 aliphatic rings. The fourth-order valence-corrected chi connectivity index (χ4v) is 6.10. The summed E-state index contributed by atoms with van der Waals surface area (Å²) in [5.74, 6) is 0.231. The second-order valence-electron chi connectivity index (χ2n) is 9.65. The molecule has 0 saturated heterocycles. The number of H-pyrrole nitrogens is 2. The van der Waals surface area contributed by atoms with Gasteiger partial charge in [0.2, 0.25) is 5.91 Å². The van der Waals surface area contributed by atoms with Crippen LogP contribution in [0.5, 0.6) is 0 Å². The van der Waals surface area contributed by atoms with Crippen molar-refractivity contribution in [3.63, 3.8) is 0 Å². The van der Waals surface area contributed by atoms with Crippen LogP contribution in [-0.4, -0.2) is 54.6 Å². The fourth-order valence-electron chi connectivity index (χ4n) is 6.10. The standard InChI is InChI=1S/C27H36N4O3/c1-4-9-27(10-5-2)21-16-22-20(15-23(21)31(26(27)32)11-12-34-14-13-33-3)19-8-6-7-18-17-28-30-24(18)25(19)29-22/h15-17,29H,4-14H2,1-3H3,(H,28,30). The number of rotatable bonds is 10. The summed E-state index contributed by atoms with van der Waals surface area (Å²) in [6, 6.07) is 4.53. The third-order valence-electron chi connectivity index (χ3n) is 7.56. The smallest absolute Gasteiger partial charge is 0.237 e. The van der Waals surface area contributed by atoms with E-state index in [0.717, 1.165) is 67.5 Å². The fraction of sp³-hybridized carbons (Fsp3) is 0.556. The molecule has 1 amide bonds. The highest BCUT2D eigenvalue weighted by Crippen LogP contribution is 2.50. The molecule has 1 aliphatic heterocycles. The quantitative estimate of drug-likeness (QED) is 0.418. The molecule has 2 aromatic heterocycles. The predicted molar refractivity (Wildman–Crippen MR) is 134 cm³/mol. The Bertz CT molecular complexity index is 1170. The predicted octanol–water partition coefficient (Wildman–Crippen LogP) is 4.89. The van der Waals surface area contributed by atoms with Crippen LogP contribution in [0.4, 0.5) is 5.69 Å². The molecule has 0 fully saturated rings. The number of methoxy groups -OCH3 is 1. The first-order valence-electron chi connectivity index (χ1n) is 12.7. The molecule has 0 unspecified atom stereocenters. The van der Waals surface area contributed by atoms with Gasteiger partial charge in [0, 0.05) is 36.4 Å². The number of amides is 1. The minimum atomic E-state index is -0.459. The lowest BCUT2D eigenvalue weighted by Gasteiger charge is -2.28. The molecule has 1 aromatic carbocycles. The van der Waals surface area contributed by atoms with E-state index in [1.54, 1.807) is 7.11 Å². The molecule has 34 heavy (non-hydrogen) atoms. The van der Waals surface area contributed by atoms with Gasteiger partial charge in [-0.3, -0.25) is 9.89 Å². The van der Waals surface area contributed by atoms with E-state index in [1.165, 1.54) is 22.1 Å². The Morgan fingerprint density at radius 3 is 2.71 bits per heavy atom. The minimum absolute atomic E-state index is 0.231. The SMILES string of the molecule is CCCC1(CCC)C(=O)N(CCOCCOC)c2cc3c4c([nH]c3cc21)-c1n[nH]cc1CCC4. The maximum atomic E-state index is 14.0. The van der Waals surface area contributed by atoms with Crippen molar-refractivity contribution in [2.75, 3.05) is 38.4 Å². The maximum Gasteiger partial charge on any atom is 0.237 e. The molecule has 3 aromatic rings. The van der Waals surface area contributed by atoms with Crippen LogP contribution < -0.4 is 4.90 Å². The number of nitrogens with zero attached hydrogens (tertiary/aromatic N) is 2. The van der Waals surface area contributed by atoms with Gasteiger partial charge in [-0.05, 0) is 60.9 Å². The zero-order valence-corrected chi connectivity index (χ0v) is 20.6. The number of aromatic amines is 2. The van der Waals surface area contributed by atoms with Crippen LogP contribution in [0, 0.1) is 0 Å². The van der Waals surface area contributed by atoms with Crippen molar-refractivity contribution in [3.05, 3.63) is 35.0 Å². The maximum absolute atomic E-state index is 14.0. The Morgan fingerprint density at radius 2 is 1.94 bits per heavy atom. The van der Waals surface area contributed by atoms with Crippen molar-refractivity contribution in [1.29, 1.82) is 0 Å². The number of aromatic nitrogens is 3. The largest absolute Gasteiger partial charge is 0.382 e. The number of hydrogen-bond acceptors (Lipinski definition) is 4. The highest BCUT2D eigenvalue weighted by atomic mass is 16.5. The van der Waals surface area contributed by atoms with Crippen LogP contribution in [0.15, 0.2) is 18.3 Å². The molecule has 1 aliphatic carbocycles. The van der Waals surface area contributed by atoms with Gasteiger partial charge in [0.25, 0.3) is 0 Å². The monoisotopic (exact) mass is 464 g/mol. The second kappa shape index (κ2) is 9.55. The molecule has 3 heterocycles. The summed E-state index contributed by atoms with van der Waals surface area (Å²) in [6.07, 6.45) is 8.82. The second-order valence-corrected chi connectivity index (χ2v) is 9.65. The van der Waals surface area contributed by atoms with E-state index >= 15 is 0 Å². The van der Waals surface area contributed by atoms with Gasteiger partial charge in [-0.15, -0.1) is 0 Å². The average Bonchev–Trinajstić information content (AvgIpc) is 3.46. The number of fused-ring (bicyclic) bond motifs is 6. The average molecular weight is 465 g/mol. The summed E-state index contributed by atoms with van der Waals surface area (Å²) in [7, 11) is 1.67. The molecular formula is C27H36N4O3. The Balaban J connectivity index is 1.61. The van der Waals surface area contributed by atoms with Crippen LogP contribution in [0.25, 0.3) is 22.3 Å². The normalized spacial score (nSPS) is 16.6. The number of nitrogens with one attached hydrogen (secondary N) is 2. The molecule has 0 spiro atoms. The van der Waals surface area contributed by atoms with E-state index in [-0.39, 0.29) is 5.91 Å². The van der Waals surface area contributed by atoms with Gasteiger partial charge in [0.15, 0.2) is 0 Å². The third kappa shape index (κ3) is 3.66. The number of anilines is 1. The van der Waals surface area contributed by atoms with Crippen molar-refractivity contribution in [3.8, 4) is 11.4 Å². The molecule has 182 valence electrons. The van der Waals surface area contributed by atoms with Crippen molar-refractivity contribution in [1.82, 2.24) is 15.2 Å². The summed E-state index contributed by atoms with van der Waals surface area (Å²) in [5, 5.41) is 8.83. The van der Waals surface area contributed by atoms with E-state index < -0.39 is 5.41 Å². The molecule has 2 N–H and O–H groups in total. The Kier molecular flexibility index (Phi) is 6.49. The third-order valence-corrected chi connectivity index (χ3v) is 7.56. The highest BCUT2D eigenvalue weighted by molar-refractivity contribution is 6.11. The Morgan fingerprint density at radius 1 is 1.12 bits per heavy atom. The number of benzene rings is 1. The lowest BCUT2D eigenvalue weighted by atomic mass is 9.74. The molecule has 0 radical (unpaired) electrons. The van der Waals surface area contributed by atoms with Crippen molar-refractivity contribution in [2.45, 2.75) is 64.2 Å². The van der Waals surface area contributed by atoms with Crippen molar-refractivity contribution >= 4 is 22.5 Å². The first-order chi connectivity index (χ1) is 16.6. The van der Waals surface area contributed by atoms with Gasteiger partial charge in [-0.2, -0.15) is 5.10 Å². The van der Waals surface area contributed by atoms with Crippen LogP contribution in [0.2, 0.25) is 0 Å². The number of aryl methyl sites for hydroxylation is 2. The Hall–Kier alpha value is -2.64. The lowest BCUT2D eigenvalue weighted by Crippen LogP contribution is -2.41. The molecule has 0 bridgehead atoms. The highest BCUT2D eigenvalue weighted by Gasteiger charge is 2.49. The molecule has 7 heteroatoms. The minimum Gasteiger partial charge on any atom is -0.382 e. The van der Waals surface area contributed by atoms with Gasteiger partial charge >= 0.3 is 0 Å². The zero-order valence-electron chi connectivity index (χ0n) is 20.6. The first kappa shape index (κ1) is 23.1. The number of ether oxygens (including phenoxy) is 2. The van der Waals surface area contributed by atoms with Crippen molar-refractivity contribution in [2.24, 2.45) is 0 Å². The van der Waals surface area contributed by atoms with E-state index in [2.05, 4.69) is 41.2 Å². The summed E-state index contributed by atoms with van der Waals surface area (Å²) in [4.78, 5) is 19.7. The number of carbonyl (C=O) groups is 1. The van der Waals surface area contributed by atoms with Gasteiger partial charge in [-0.25, -0.2) is 0 Å². The van der Waals surface area contributed by atoms with Crippen LogP contribution in [-0.2, 0) is 32.5 Å². The van der Waals surface area contributed by atoms with E-state index in [9.17, 15) is 4.79 Å². The van der Waals surface area contributed by atoms with E-state index in [1.807, 2.05) is 11.1 Å². The summed E-state index contributed by atoms with van der Waals surface area (Å²) >= 11 is 0. The molecule has 0 atom stereocenters. The zero-order chi connectivity index (χ0) is 23.7. The van der Waals surface area contributed by atoms with Gasteiger partial charge in [-0.1, -0.05) is 26.7 Å². The van der Waals surface area contributed by atoms with E-state index in [4.69, 9.17) is 9.47 Å². The van der Waals surface area contributed by atoms with Crippen LogP contribution in [0.1, 0.15) is 62.6 Å². The van der Waals surface area contributed by atoms with Crippen molar-refractivity contribution < 1.29 is 14.3 Å². The summed E-state index contributed by atoms with van der Waals surface area (Å²) < 4.78 is 10.9. The summed E-state index contributed by atoms with van der Waals surface area (Å²) in [5.41, 5.74) is 7.64. The van der Waals surface area contributed by atoms with E-state index in [0.29, 0.717) is 26.4 Å². The first-order valence-corrected chi connectivity index (χ1v) is 12.7. The van der Waals surface area contributed by atoms with Gasteiger partial charge in [0.05, 0.1) is 30.9 Å². The van der Waals surface area contributed by atoms with Gasteiger partial charge < -0.3 is 19.4 Å².